The number of carbonyl (C=O) groups is 2. The molecule has 0 saturated heterocycles. The fourth-order valence-electron chi connectivity index (χ4n) is 1.36. The average Bonchev–Trinajstić information content (AvgIpc) is 2.26. The molecule has 16 heavy (non-hydrogen) atoms. The first kappa shape index (κ1) is 15.1. The molecule has 0 amide bonds. The summed E-state index contributed by atoms with van der Waals surface area (Å²) >= 11 is 0. The van der Waals surface area contributed by atoms with Crippen LogP contribution in [0.2, 0.25) is 0 Å². The molecule has 0 N–H and O–H groups in total. The zero-order chi connectivity index (χ0) is 12.2. The molecule has 94 valence electrons. The highest BCUT2D eigenvalue weighted by atomic mass is 17.2. The first-order valence-electron chi connectivity index (χ1n) is 6.04. The molecule has 0 fully saturated rings. The standard InChI is InChI=1S/C12H22O4/c1-3-7-11(9-5-6-10-13)15-16-12(14)8-4-2/h10-11H,3-9H2,1-2H3. The van der Waals surface area contributed by atoms with E-state index in [9.17, 15) is 9.59 Å². The summed E-state index contributed by atoms with van der Waals surface area (Å²) in [6.07, 6.45) is 5.84. The molecule has 0 spiro atoms. The van der Waals surface area contributed by atoms with E-state index in [1.807, 2.05) is 13.8 Å². The normalized spacial score (nSPS) is 12.1. The molecule has 0 aliphatic rings. The molecule has 1 unspecified atom stereocenters. The third-order valence-electron chi connectivity index (χ3n) is 2.19. The van der Waals surface area contributed by atoms with Gasteiger partial charge in [-0.3, -0.25) is 4.89 Å². The Kier molecular flexibility index (Phi) is 10.0. The molecule has 4 nitrogen and oxygen atoms in total. The number of rotatable bonds is 10. The maximum Gasteiger partial charge on any atom is 0.342 e. The van der Waals surface area contributed by atoms with Crippen LogP contribution in [0.5, 0.6) is 0 Å². The minimum atomic E-state index is -0.320. The van der Waals surface area contributed by atoms with Crippen LogP contribution in [0.25, 0.3) is 0 Å². The van der Waals surface area contributed by atoms with Gasteiger partial charge in [-0.2, -0.15) is 4.89 Å². The maximum absolute atomic E-state index is 11.1. The number of carbonyl (C=O) groups excluding carboxylic acids is 2. The molecule has 0 aliphatic heterocycles. The predicted molar refractivity (Wildman–Crippen MR) is 60.7 cm³/mol. The molecule has 0 bridgehead atoms. The molecule has 4 heteroatoms. The molecule has 0 heterocycles. The minimum absolute atomic E-state index is 0.0780. The number of hydrogen-bond donors (Lipinski definition) is 0. The summed E-state index contributed by atoms with van der Waals surface area (Å²) in [5.74, 6) is -0.320. The largest absolute Gasteiger partial charge is 0.342 e. The van der Waals surface area contributed by atoms with E-state index >= 15 is 0 Å². The molecule has 0 rings (SSSR count). The first-order chi connectivity index (χ1) is 7.74. The molecule has 0 aromatic carbocycles. The van der Waals surface area contributed by atoms with E-state index in [1.54, 1.807) is 0 Å². The van der Waals surface area contributed by atoms with Crippen molar-refractivity contribution in [3.63, 3.8) is 0 Å². The maximum atomic E-state index is 11.1. The van der Waals surface area contributed by atoms with Crippen LogP contribution < -0.4 is 0 Å². The number of aldehydes is 1. The van der Waals surface area contributed by atoms with Crippen molar-refractivity contribution < 1.29 is 19.4 Å². The lowest BCUT2D eigenvalue weighted by molar-refractivity contribution is -0.300. The molecule has 1 atom stereocenters. The third-order valence-corrected chi connectivity index (χ3v) is 2.19. The Morgan fingerprint density at radius 3 is 2.56 bits per heavy atom. The van der Waals surface area contributed by atoms with Crippen LogP contribution in [0.4, 0.5) is 0 Å². The summed E-state index contributed by atoms with van der Waals surface area (Å²) in [6, 6.07) is 0. The molecule has 0 aromatic heterocycles. The Morgan fingerprint density at radius 2 is 2.00 bits per heavy atom. The van der Waals surface area contributed by atoms with Crippen LogP contribution in [-0.4, -0.2) is 18.4 Å². The van der Waals surface area contributed by atoms with Crippen molar-refractivity contribution >= 4 is 12.3 Å². The molecular formula is C12H22O4. The average molecular weight is 230 g/mol. The summed E-state index contributed by atoms with van der Waals surface area (Å²) in [5.41, 5.74) is 0. The van der Waals surface area contributed by atoms with Gasteiger partial charge in [0.1, 0.15) is 12.4 Å². The van der Waals surface area contributed by atoms with Crippen molar-refractivity contribution in [3.8, 4) is 0 Å². The number of hydrogen-bond acceptors (Lipinski definition) is 4. The molecular weight excluding hydrogens is 208 g/mol. The van der Waals surface area contributed by atoms with Crippen LogP contribution >= 0.6 is 0 Å². The summed E-state index contributed by atoms with van der Waals surface area (Å²) in [4.78, 5) is 31.0. The van der Waals surface area contributed by atoms with Crippen LogP contribution in [0.3, 0.4) is 0 Å². The van der Waals surface area contributed by atoms with Gasteiger partial charge in [-0.25, -0.2) is 4.79 Å². The zero-order valence-corrected chi connectivity index (χ0v) is 10.2. The summed E-state index contributed by atoms with van der Waals surface area (Å²) in [6.45, 7) is 3.96. The van der Waals surface area contributed by atoms with Crippen molar-refractivity contribution in [1.29, 1.82) is 0 Å². The van der Waals surface area contributed by atoms with E-state index in [4.69, 9.17) is 9.78 Å². The van der Waals surface area contributed by atoms with Gasteiger partial charge in [0.25, 0.3) is 0 Å². The Hall–Kier alpha value is -0.900. The predicted octanol–water partition coefficient (Wildman–Crippen LogP) is 2.80. The van der Waals surface area contributed by atoms with E-state index in [-0.39, 0.29) is 12.1 Å². The Balaban J connectivity index is 3.74. The van der Waals surface area contributed by atoms with Crippen molar-refractivity contribution in [3.05, 3.63) is 0 Å². The SMILES string of the molecule is CCCC(=O)OOC(CCC)CCCC=O. The summed E-state index contributed by atoms with van der Waals surface area (Å²) in [7, 11) is 0. The van der Waals surface area contributed by atoms with Crippen molar-refractivity contribution in [1.82, 2.24) is 0 Å². The Morgan fingerprint density at radius 1 is 1.25 bits per heavy atom. The second-order valence-electron chi connectivity index (χ2n) is 3.81. The van der Waals surface area contributed by atoms with E-state index in [1.165, 1.54) is 0 Å². The van der Waals surface area contributed by atoms with Gasteiger partial charge in [-0.05, 0) is 25.7 Å². The van der Waals surface area contributed by atoms with E-state index in [0.29, 0.717) is 12.8 Å². The fraction of sp³-hybridized carbons (Fsp3) is 0.833. The van der Waals surface area contributed by atoms with Crippen LogP contribution in [0.15, 0.2) is 0 Å². The van der Waals surface area contributed by atoms with Crippen LogP contribution in [0.1, 0.15) is 58.8 Å². The number of unbranched alkanes of at least 4 members (excludes halogenated alkanes) is 1. The van der Waals surface area contributed by atoms with E-state index < -0.39 is 0 Å². The van der Waals surface area contributed by atoms with Gasteiger partial charge in [0.2, 0.25) is 0 Å². The fourth-order valence-corrected chi connectivity index (χ4v) is 1.36. The van der Waals surface area contributed by atoms with Crippen molar-refractivity contribution in [2.45, 2.75) is 64.9 Å². The lowest BCUT2D eigenvalue weighted by Gasteiger charge is -2.14. The monoisotopic (exact) mass is 230 g/mol. The lowest BCUT2D eigenvalue weighted by Crippen LogP contribution is -2.16. The zero-order valence-electron chi connectivity index (χ0n) is 10.2. The van der Waals surface area contributed by atoms with Gasteiger partial charge in [-0.1, -0.05) is 20.3 Å². The van der Waals surface area contributed by atoms with Crippen molar-refractivity contribution in [2.24, 2.45) is 0 Å². The van der Waals surface area contributed by atoms with Crippen LogP contribution in [0, 0.1) is 0 Å². The highest BCUT2D eigenvalue weighted by Gasteiger charge is 2.12. The molecule has 0 saturated carbocycles. The second kappa shape index (κ2) is 10.6. The van der Waals surface area contributed by atoms with Gasteiger partial charge < -0.3 is 4.79 Å². The highest BCUT2D eigenvalue weighted by molar-refractivity contribution is 5.68. The summed E-state index contributed by atoms with van der Waals surface area (Å²) in [5, 5.41) is 0. The van der Waals surface area contributed by atoms with Gasteiger partial charge in [-0.15, -0.1) is 0 Å². The third kappa shape index (κ3) is 8.41. The van der Waals surface area contributed by atoms with Gasteiger partial charge in [0.15, 0.2) is 0 Å². The van der Waals surface area contributed by atoms with E-state index in [2.05, 4.69) is 0 Å². The topological polar surface area (TPSA) is 52.6 Å². The highest BCUT2D eigenvalue weighted by Crippen LogP contribution is 2.11. The Labute approximate surface area is 97.2 Å². The van der Waals surface area contributed by atoms with E-state index in [0.717, 1.165) is 38.4 Å². The van der Waals surface area contributed by atoms with Gasteiger partial charge >= 0.3 is 5.97 Å². The first-order valence-corrected chi connectivity index (χ1v) is 6.04. The minimum Gasteiger partial charge on any atom is -0.303 e. The molecule has 0 aromatic rings. The smallest absolute Gasteiger partial charge is 0.303 e. The lowest BCUT2D eigenvalue weighted by atomic mass is 10.1. The van der Waals surface area contributed by atoms with Gasteiger partial charge in [0.05, 0.1) is 0 Å². The quantitative estimate of drug-likeness (QED) is 0.250. The Bertz CT molecular complexity index is 191. The summed E-state index contributed by atoms with van der Waals surface area (Å²) < 4.78 is 0. The molecule has 0 aliphatic carbocycles. The van der Waals surface area contributed by atoms with Crippen molar-refractivity contribution in [2.75, 3.05) is 0 Å². The second-order valence-corrected chi connectivity index (χ2v) is 3.81. The van der Waals surface area contributed by atoms with Gasteiger partial charge in [0, 0.05) is 12.8 Å². The molecule has 0 radical (unpaired) electrons. The van der Waals surface area contributed by atoms with Crippen LogP contribution in [-0.2, 0) is 19.4 Å².